The van der Waals surface area contributed by atoms with Crippen LogP contribution in [0, 0.1) is 0 Å². The van der Waals surface area contributed by atoms with Crippen LogP contribution >= 0.6 is 31.9 Å². The SMILES string of the molecule is CN(CCNC1CC1)Cc1cc(Br)cc(Br)c1. The second kappa shape index (κ2) is 6.32. The molecule has 0 radical (unpaired) electrons. The van der Waals surface area contributed by atoms with Crippen molar-refractivity contribution in [2.24, 2.45) is 0 Å². The molecule has 1 fully saturated rings. The minimum atomic E-state index is 0.809. The zero-order chi connectivity index (χ0) is 12.3. The fraction of sp³-hybridized carbons (Fsp3) is 0.538. The van der Waals surface area contributed by atoms with E-state index in [0.717, 1.165) is 34.6 Å². The maximum absolute atomic E-state index is 3.54. The molecule has 1 aliphatic carbocycles. The van der Waals surface area contributed by atoms with E-state index in [9.17, 15) is 0 Å². The molecule has 0 atom stereocenters. The summed E-state index contributed by atoms with van der Waals surface area (Å²) in [5.41, 5.74) is 1.33. The van der Waals surface area contributed by atoms with Crippen LogP contribution in [-0.2, 0) is 6.54 Å². The molecule has 0 unspecified atom stereocenters. The van der Waals surface area contributed by atoms with Gasteiger partial charge in [-0.3, -0.25) is 0 Å². The first-order valence-corrected chi connectivity index (χ1v) is 7.59. The van der Waals surface area contributed by atoms with Gasteiger partial charge in [-0.1, -0.05) is 31.9 Å². The fourth-order valence-electron chi connectivity index (χ4n) is 1.84. The normalized spacial score (nSPS) is 15.5. The lowest BCUT2D eigenvalue weighted by Gasteiger charge is -2.17. The molecule has 0 bridgehead atoms. The predicted molar refractivity (Wildman–Crippen MR) is 79.2 cm³/mol. The molecule has 17 heavy (non-hydrogen) atoms. The van der Waals surface area contributed by atoms with Crippen molar-refractivity contribution >= 4 is 31.9 Å². The summed E-state index contributed by atoms with van der Waals surface area (Å²) in [6.07, 6.45) is 2.73. The van der Waals surface area contributed by atoms with Gasteiger partial charge in [0.15, 0.2) is 0 Å². The molecule has 1 aromatic carbocycles. The lowest BCUT2D eigenvalue weighted by atomic mass is 10.2. The molecule has 0 aromatic heterocycles. The van der Waals surface area contributed by atoms with Crippen molar-refractivity contribution in [2.75, 3.05) is 20.1 Å². The highest BCUT2D eigenvalue weighted by Gasteiger charge is 2.19. The third-order valence-electron chi connectivity index (χ3n) is 2.88. The molecule has 0 spiro atoms. The Morgan fingerprint density at radius 2 is 1.88 bits per heavy atom. The van der Waals surface area contributed by atoms with Gasteiger partial charge in [0.05, 0.1) is 0 Å². The van der Waals surface area contributed by atoms with Crippen molar-refractivity contribution in [1.82, 2.24) is 10.2 Å². The summed E-state index contributed by atoms with van der Waals surface area (Å²) in [6, 6.07) is 7.23. The Morgan fingerprint density at radius 1 is 1.24 bits per heavy atom. The van der Waals surface area contributed by atoms with Crippen LogP contribution in [0.25, 0.3) is 0 Å². The maximum Gasteiger partial charge on any atom is 0.0232 e. The number of likely N-dealkylation sites (N-methyl/N-ethyl adjacent to an activating group) is 1. The summed E-state index contributed by atoms with van der Waals surface area (Å²) in [6.45, 7) is 3.18. The molecule has 1 aromatic rings. The van der Waals surface area contributed by atoms with Gasteiger partial charge in [0.1, 0.15) is 0 Å². The molecule has 2 rings (SSSR count). The van der Waals surface area contributed by atoms with E-state index in [4.69, 9.17) is 0 Å². The van der Waals surface area contributed by atoms with Gasteiger partial charge in [-0.25, -0.2) is 0 Å². The van der Waals surface area contributed by atoms with E-state index in [1.807, 2.05) is 0 Å². The van der Waals surface area contributed by atoms with Crippen LogP contribution in [0.4, 0.5) is 0 Å². The van der Waals surface area contributed by atoms with Crippen LogP contribution < -0.4 is 5.32 Å². The number of halogens is 2. The number of hydrogen-bond acceptors (Lipinski definition) is 2. The van der Waals surface area contributed by atoms with Crippen molar-refractivity contribution in [2.45, 2.75) is 25.4 Å². The average molecular weight is 362 g/mol. The highest BCUT2D eigenvalue weighted by Crippen LogP contribution is 2.21. The Hall–Kier alpha value is 0.1000. The number of hydrogen-bond donors (Lipinski definition) is 1. The van der Waals surface area contributed by atoms with Gasteiger partial charge in [-0.15, -0.1) is 0 Å². The lowest BCUT2D eigenvalue weighted by Crippen LogP contribution is -2.30. The quantitative estimate of drug-likeness (QED) is 0.835. The first-order valence-electron chi connectivity index (χ1n) is 6.00. The molecule has 0 heterocycles. The summed E-state index contributed by atoms with van der Waals surface area (Å²) in [5.74, 6) is 0. The molecule has 1 N–H and O–H groups in total. The van der Waals surface area contributed by atoms with Crippen LogP contribution in [0.5, 0.6) is 0 Å². The summed E-state index contributed by atoms with van der Waals surface area (Å²) in [5, 5.41) is 3.54. The van der Waals surface area contributed by atoms with E-state index >= 15 is 0 Å². The van der Waals surface area contributed by atoms with Crippen molar-refractivity contribution < 1.29 is 0 Å². The second-order valence-electron chi connectivity index (χ2n) is 4.74. The van der Waals surface area contributed by atoms with Crippen LogP contribution in [0.2, 0.25) is 0 Å². The highest BCUT2D eigenvalue weighted by atomic mass is 79.9. The van der Waals surface area contributed by atoms with Gasteiger partial charge >= 0.3 is 0 Å². The van der Waals surface area contributed by atoms with Crippen molar-refractivity contribution in [3.05, 3.63) is 32.7 Å². The predicted octanol–water partition coefficient (Wildman–Crippen LogP) is 3.40. The largest absolute Gasteiger partial charge is 0.313 e. The second-order valence-corrected chi connectivity index (χ2v) is 6.58. The van der Waals surface area contributed by atoms with Gasteiger partial charge in [0, 0.05) is 34.6 Å². The Kier molecular flexibility index (Phi) is 5.03. The van der Waals surface area contributed by atoms with Crippen molar-refractivity contribution in [1.29, 1.82) is 0 Å². The fourth-order valence-corrected chi connectivity index (χ4v) is 3.23. The van der Waals surface area contributed by atoms with E-state index in [0.29, 0.717) is 0 Å². The van der Waals surface area contributed by atoms with E-state index < -0.39 is 0 Å². The van der Waals surface area contributed by atoms with Gasteiger partial charge < -0.3 is 10.2 Å². The van der Waals surface area contributed by atoms with E-state index in [1.54, 1.807) is 0 Å². The number of nitrogens with one attached hydrogen (secondary N) is 1. The molecule has 2 nitrogen and oxygen atoms in total. The molecule has 4 heteroatoms. The van der Waals surface area contributed by atoms with Gasteiger partial charge in [-0.05, 0) is 43.7 Å². The Bertz CT molecular complexity index is 357. The molecule has 0 saturated heterocycles. The van der Waals surface area contributed by atoms with Gasteiger partial charge in [-0.2, -0.15) is 0 Å². The third kappa shape index (κ3) is 5.08. The first-order chi connectivity index (χ1) is 8.13. The van der Waals surface area contributed by atoms with Gasteiger partial charge in [0.2, 0.25) is 0 Å². The zero-order valence-electron chi connectivity index (χ0n) is 10.0. The van der Waals surface area contributed by atoms with E-state index in [1.165, 1.54) is 18.4 Å². The number of nitrogens with zero attached hydrogens (tertiary/aromatic N) is 1. The van der Waals surface area contributed by atoms with Crippen molar-refractivity contribution in [3.63, 3.8) is 0 Å². The summed E-state index contributed by atoms with van der Waals surface area (Å²) in [7, 11) is 2.17. The summed E-state index contributed by atoms with van der Waals surface area (Å²) in [4.78, 5) is 2.35. The highest BCUT2D eigenvalue weighted by molar-refractivity contribution is 9.11. The van der Waals surface area contributed by atoms with Crippen molar-refractivity contribution in [3.8, 4) is 0 Å². The van der Waals surface area contributed by atoms with E-state index in [2.05, 4.69) is 67.3 Å². The van der Waals surface area contributed by atoms with Crippen LogP contribution in [0.15, 0.2) is 27.1 Å². The lowest BCUT2D eigenvalue weighted by molar-refractivity contribution is 0.324. The molecular formula is C13H18Br2N2. The Morgan fingerprint density at radius 3 is 2.47 bits per heavy atom. The topological polar surface area (TPSA) is 15.3 Å². The maximum atomic E-state index is 3.54. The Balaban J connectivity index is 1.77. The molecular weight excluding hydrogens is 344 g/mol. The minimum Gasteiger partial charge on any atom is -0.313 e. The Labute approximate surface area is 120 Å². The molecule has 0 aliphatic heterocycles. The summed E-state index contributed by atoms with van der Waals surface area (Å²) >= 11 is 7.04. The molecule has 0 amide bonds. The van der Waals surface area contributed by atoms with Crippen LogP contribution in [0.1, 0.15) is 18.4 Å². The molecule has 1 saturated carbocycles. The zero-order valence-corrected chi connectivity index (χ0v) is 13.2. The summed E-state index contributed by atoms with van der Waals surface area (Å²) < 4.78 is 2.26. The van der Waals surface area contributed by atoms with Crippen LogP contribution in [-0.4, -0.2) is 31.1 Å². The van der Waals surface area contributed by atoms with Gasteiger partial charge in [0.25, 0.3) is 0 Å². The molecule has 94 valence electrons. The average Bonchev–Trinajstić information content (AvgIpc) is 2.99. The number of rotatable bonds is 6. The van der Waals surface area contributed by atoms with E-state index in [-0.39, 0.29) is 0 Å². The standard InChI is InChI=1S/C13H18Br2N2/c1-17(5-4-16-13-2-3-13)9-10-6-11(14)8-12(15)7-10/h6-8,13,16H,2-5,9H2,1H3. The first kappa shape index (κ1) is 13.5. The number of benzene rings is 1. The minimum absolute atomic E-state index is 0.809. The smallest absolute Gasteiger partial charge is 0.0232 e. The monoisotopic (exact) mass is 360 g/mol. The molecule has 1 aliphatic rings. The van der Waals surface area contributed by atoms with Crippen LogP contribution in [0.3, 0.4) is 0 Å². The third-order valence-corrected chi connectivity index (χ3v) is 3.79.